The van der Waals surface area contributed by atoms with Gasteiger partial charge in [0.15, 0.2) is 0 Å². The van der Waals surface area contributed by atoms with E-state index in [4.69, 9.17) is 14.3 Å². The molecule has 2 heterocycles. The molecule has 12 heteroatoms. The summed E-state index contributed by atoms with van der Waals surface area (Å²) in [6.45, 7) is 9.51. The van der Waals surface area contributed by atoms with Crippen molar-refractivity contribution in [2.45, 2.75) is 71.9 Å². The minimum atomic E-state index is -1.13. The summed E-state index contributed by atoms with van der Waals surface area (Å²) >= 11 is 0. The third-order valence-corrected chi connectivity index (χ3v) is 8.24. The number of amides is 2. The molecule has 3 N–H and O–H groups in total. The molecule has 2 aromatic carbocycles. The molecule has 0 saturated carbocycles. The second-order valence-corrected chi connectivity index (χ2v) is 11.5. The van der Waals surface area contributed by atoms with Crippen molar-refractivity contribution < 1.29 is 28.6 Å². The maximum atomic E-state index is 13.6. The summed E-state index contributed by atoms with van der Waals surface area (Å²) in [7, 11) is 1.54. The van der Waals surface area contributed by atoms with Crippen LogP contribution in [0, 0.1) is 12.8 Å². The number of hydrogen-bond donors (Lipinski definition) is 3. The lowest BCUT2D eigenvalue weighted by molar-refractivity contribution is -0.136. The zero-order valence-electron chi connectivity index (χ0n) is 26.3. The molecule has 0 aliphatic rings. The number of rotatable bonds is 13. The van der Waals surface area contributed by atoms with Crippen molar-refractivity contribution in [2.24, 2.45) is 5.92 Å². The molecule has 0 aliphatic heterocycles. The molecular formula is C33H39N5O7. The number of carbonyl (C=O) groups is 3. The predicted molar refractivity (Wildman–Crippen MR) is 168 cm³/mol. The number of carboxylic acid groups (broad SMARTS) is 1. The van der Waals surface area contributed by atoms with Gasteiger partial charge in [0.2, 0.25) is 5.91 Å². The lowest BCUT2D eigenvalue weighted by atomic mass is 9.85. The number of unbranched alkanes of at least 4 members (excludes halogenated alkanes) is 1. The van der Waals surface area contributed by atoms with Crippen molar-refractivity contribution in [3.63, 3.8) is 0 Å². The Morgan fingerprint density at radius 1 is 1.16 bits per heavy atom. The molecule has 45 heavy (non-hydrogen) atoms. The molecule has 4 rings (SSSR count). The van der Waals surface area contributed by atoms with E-state index < -0.39 is 29.6 Å². The highest BCUT2D eigenvalue weighted by atomic mass is 16.5. The summed E-state index contributed by atoms with van der Waals surface area (Å²) in [5.41, 5.74) is 0.547. The molecule has 2 amide bonds. The van der Waals surface area contributed by atoms with Gasteiger partial charge in [0.25, 0.3) is 5.91 Å². The lowest BCUT2D eigenvalue weighted by Crippen LogP contribution is -2.47. The van der Waals surface area contributed by atoms with E-state index in [2.05, 4.69) is 20.9 Å². The number of benzene rings is 2. The number of anilines is 1. The zero-order chi connectivity index (χ0) is 32.9. The van der Waals surface area contributed by atoms with Gasteiger partial charge in [-0.3, -0.25) is 14.4 Å². The number of aromatic nitrogens is 3. The number of nitrogens with zero attached hydrogens (tertiary/aromatic N) is 3. The maximum absolute atomic E-state index is 13.6. The fraction of sp³-hybridized carbons (Fsp3) is 0.394. The number of methoxy groups -OCH3 is 1. The first kappa shape index (κ1) is 32.9. The standard InChI is InChI=1S/C33H39N5O7/c1-7-8-12-26(31(42)34-22-13-14-24-20(4)25(17-29(39)40)32(43)45-27(24)16-22)38-18-28(36-37-38)33(5,19(2)3)35-30(41)21-10-9-11-23(15-21)44-6/h9-11,13-16,18-19,26H,7-8,12,17H2,1-6H3,(H,34,42)(H,35,41)(H,39,40)/t26-,33-/m0/s1. The lowest BCUT2D eigenvalue weighted by Gasteiger charge is -2.33. The monoisotopic (exact) mass is 617 g/mol. The predicted octanol–water partition coefficient (Wildman–Crippen LogP) is 5.00. The van der Waals surface area contributed by atoms with Gasteiger partial charge in [0.05, 0.1) is 30.8 Å². The Labute approximate surface area is 260 Å². The number of carbonyl (C=O) groups excluding carboxylic acids is 2. The van der Waals surface area contributed by atoms with E-state index in [0.717, 1.165) is 12.8 Å². The van der Waals surface area contributed by atoms with Crippen LogP contribution in [0.5, 0.6) is 5.75 Å². The van der Waals surface area contributed by atoms with Gasteiger partial charge in [0, 0.05) is 22.7 Å². The first-order valence-electron chi connectivity index (χ1n) is 14.9. The molecule has 0 bridgehead atoms. The highest BCUT2D eigenvalue weighted by Crippen LogP contribution is 2.30. The van der Waals surface area contributed by atoms with E-state index in [1.165, 1.54) is 11.8 Å². The summed E-state index contributed by atoms with van der Waals surface area (Å²) in [5, 5.41) is 24.5. The molecule has 12 nitrogen and oxygen atoms in total. The van der Waals surface area contributed by atoms with Crippen LogP contribution >= 0.6 is 0 Å². The molecule has 0 aliphatic carbocycles. The van der Waals surface area contributed by atoms with Crippen molar-refractivity contribution >= 4 is 34.4 Å². The van der Waals surface area contributed by atoms with Crippen molar-refractivity contribution in [1.29, 1.82) is 0 Å². The highest BCUT2D eigenvalue weighted by molar-refractivity contribution is 5.96. The Morgan fingerprint density at radius 3 is 2.58 bits per heavy atom. The molecule has 2 aromatic heterocycles. The highest BCUT2D eigenvalue weighted by Gasteiger charge is 2.36. The van der Waals surface area contributed by atoms with Gasteiger partial charge in [0.1, 0.15) is 23.1 Å². The summed E-state index contributed by atoms with van der Waals surface area (Å²) in [6.07, 6.45) is 3.34. The van der Waals surface area contributed by atoms with Gasteiger partial charge in [-0.05, 0) is 62.1 Å². The fourth-order valence-corrected chi connectivity index (χ4v) is 5.08. The summed E-state index contributed by atoms with van der Waals surface area (Å²) in [5.74, 6) is -1.28. The van der Waals surface area contributed by atoms with Crippen LogP contribution in [0.2, 0.25) is 0 Å². The van der Waals surface area contributed by atoms with E-state index in [-0.39, 0.29) is 28.9 Å². The van der Waals surface area contributed by atoms with Crippen molar-refractivity contribution in [3.05, 3.63) is 81.5 Å². The van der Waals surface area contributed by atoms with Gasteiger partial charge >= 0.3 is 11.6 Å². The first-order chi connectivity index (χ1) is 21.4. The number of aliphatic carboxylic acids is 1. The van der Waals surface area contributed by atoms with Gasteiger partial charge < -0.3 is 24.9 Å². The summed E-state index contributed by atoms with van der Waals surface area (Å²) in [6, 6.07) is 11.1. The van der Waals surface area contributed by atoms with Crippen LogP contribution in [0.25, 0.3) is 11.0 Å². The molecule has 0 unspecified atom stereocenters. The minimum absolute atomic E-state index is 0.0770. The zero-order valence-corrected chi connectivity index (χ0v) is 26.3. The number of nitrogens with one attached hydrogen (secondary N) is 2. The molecule has 0 spiro atoms. The van der Waals surface area contributed by atoms with Crippen LogP contribution in [-0.4, -0.2) is 45.0 Å². The molecule has 4 aromatic rings. The molecule has 0 saturated heterocycles. The van der Waals surface area contributed by atoms with E-state index >= 15 is 0 Å². The molecule has 238 valence electrons. The number of hydrogen-bond acceptors (Lipinski definition) is 8. The fourth-order valence-electron chi connectivity index (χ4n) is 5.08. The van der Waals surface area contributed by atoms with Crippen LogP contribution in [0.3, 0.4) is 0 Å². The normalized spacial score (nSPS) is 13.3. The minimum Gasteiger partial charge on any atom is -0.497 e. The van der Waals surface area contributed by atoms with Crippen LogP contribution < -0.4 is 21.0 Å². The average molecular weight is 618 g/mol. The second kappa shape index (κ2) is 13.7. The topological polar surface area (TPSA) is 166 Å². The first-order valence-corrected chi connectivity index (χ1v) is 14.9. The van der Waals surface area contributed by atoms with Crippen molar-refractivity contribution in [2.75, 3.05) is 12.4 Å². The average Bonchev–Trinajstić information content (AvgIpc) is 3.49. The molecule has 0 radical (unpaired) electrons. The van der Waals surface area contributed by atoms with E-state index in [1.807, 2.05) is 27.7 Å². The van der Waals surface area contributed by atoms with Gasteiger partial charge in [-0.25, -0.2) is 9.48 Å². The SMILES string of the molecule is CCCC[C@@H](C(=O)Nc1ccc2c(C)c(CC(=O)O)c(=O)oc2c1)n1cc([C@@](C)(NC(=O)c2cccc(OC)c2)C(C)C)nn1. The Hall–Kier alpha value is -5.00. The van der Waals surface area contributed by atoms with Crippen LogP contribution in [0.4, 0.5) is 5.69 Å². The third-order valence-electron chi connectivity index (χ3n) is 8.24. The number of aryl methyl sites for hydroxylation is 1. The Balaban J connectivity index is 1.60. The maximum Gasteiger partial charge on any atom is 0.340 e. The van der Waals surface area contributed by atoms with E-state index in [9.17, 15) is 19.2 Å². The number of ether oxygens (including phenoxy) is 1. The Morgan fingerprint density at radius 2 is 1.91 bits per heavy atom. The van der Waals surface area contributed by atoms with Crippen LogP contribution in [-0.2, 0) is 21.5 Å². The second-order valence-electron chi connectivity index (χ2n) is 11.5. The van der Waals surface area contributed by atoms with E-state index in [1.54, 1.807) is 55.6 Å². The number of carboxylic acids is 1. The van der Waals surface area contributed by atoms with Crippen molar-refractivity contribution in [1.82, 2.24) is 20.3 Å². The smallest absolute Gasteiger partial charge is 0.340 e. The number of fused-ring (bicyclic) bond motifs is 1. The van der Waals surface area contributed by atoms with Crippen LogP contribution in [0.15, 0.2) is 57.9 Å². The summed E-state index contributed by atoms with van der Waals surface area (Å²) < 4.78 is 12.2. The Kier molecular flexibility index (Phi) is 10.1. The molecular weight excluding hydrogens is 578 g/mol. The summed E-state index contributed by atoms with van der Waals surface area (Å²) in [4.78, 5) is 50.6. The molecule has 2 atom stereocenters. The third kappa shape index (κ3) is 7.22. The Bertz CT molecular complexity index is 1780. The van der Waals surface area contributed by atoms with Crippen LogP contribution in [0.1, 0.15) is 80.2 Å². The largest absolute Gasteiger partial charge is 0.497 e. The van der Waals surface area contributed by atoms with Gasteiger partial charge in [-0.15, -0.1) is 5.10 Å². The van der Waals surface area contributed by atoms with Gasteiger partial charge in [-0.1, -0.05) is 44.9 Å². The van der Waals surface area contributed by atoms with E-state index in [0.29, 0.717) is 40.1 Å². The van der Waals surface area contributed by atoms with Gasteiger partial charge in [-0.2, -0.15) is 0 Å². The van der Waals surface area contributed by atoms with Crippen molar-refractivity contribution in [3.8, 4) is 5.75 Å². The molecule has 0 fully saturated rings. The quantitative estimate of drug-likeness (QED) is 0.175.